The van der Waals surface area contributed by atoms with E-state index in [4.69, 9.17) is 13.0 Å². The molecular weight excluding hydrogens is 163 g/mol. The first-order chi connectivity index (χ1) is 5.00. The Balaban J connectivity index is 2.71. The second kappa shape index (κ2) is 2.97. The van der Waals surface area contributed by atoms with Crippen molar-refractivity contribution in [2.24, 2.45) is 0 Å². The highest BCUT2D eigenvalue weighted by molar-refractivity contribution is 8.02. The monoisotopic (exact) mass is 174 g/mol. The van der Waals surface area contributed by atoms with E-state index in [9.17, 15) is 10.2 Å². The van der Waals surface area contributed by atoms with E-state index in [1.165, 1.54) is 18.7 Å². The Hall–Kier alpha value is 0.295. The van der Waals surface area contributed by atoms with Crippen LogP contribution < -0.4 is 0 Å². The predicted molar refractivity (Wildman–Crippen MR) is 44.6 cm³/mol. The van der Waals surface area contributed by atoms with Gasteiger partial charge in [0.2, 0.25) is 0 Å². The first-order valence-corrected chi connectivity index (χ1v) is 4.36. The maximum Gasteiger partial charge on any atom is 0.0967 e. The zero-order valence-electron chi connectivity index (χ0n) is 6.27. The van der Waals surface area contributed by atoms with E-state index in [0.717, 1.165) is 0 Å². The molecule has 0 bridgehead atoms. The van der Waals surface area contributed by atoms with Crippen LogP contribution in [0.2, 0.25) is 0 Å². The number of aliphatic hydroxyl groups excluding tert-OH is 2. The Bertz CT molecular complexity index is 153. The molecule has 1 fully saturated rings. The van der Waals surface area contributed by atoms with Gasteiger partial charge in [-0.2, -0.15) is 11.8 Å². The topological polar surface area (TPSA) is 60.7 Å². The summed E-state index contributed by atoms with van der Waals surface area (Å²) in [5.41, 5.74) is -1.28. The van der Waals surface area contributed by atoms with Crippen molar-refractivity contribution in [3.63, 3.8) is 0 Å². The largest absolute Gasteiger partial charge is 0.395 e. The molecule has 0 amide bonds. The molecule has 1 saturated heterocycles. The van der Waals surface area contributed by atoms with Crippen LogP contribution in [-0.4, -0.2) is 51.9 Å². The van der Waals surface area contributed by atoms with Crippen LogP contribution in [0.4, 0.5) is 0 Å². The predicted octanol–water partition coefficient (Wildman–Crippen LogP) is -1.30. The van der Waals surface area contributed by atoms with Crippen molar-refractivity contribution in [1.82, 2.24) is 0 Å². The van der Waals surface area contributed by atoms with Gasteiger partial charge in [-0.1, -0.05) is 0 Å². The zero-order chi connectivity index (χ0) is 8.65. The van der Waals surface area contributed by atoms with Gasteiger partial charge >= 0.3 is 0 Å². The minimum Gasteiger partial charge on any atom is -0.395 e. The Kier molecular flexibility index (Phi) is 2.54. The Morgan fingerprint density at radius 3 is 2.36 bits per heavy atom. The molecule has 0 aromatic carbocycles. The van der Waals surface area contributed by atoms with Crippen molar-refractivity contribution in [2.75, 3.05) is 6.61 Å². The summed E-state index contributed by atoms with van der Waals surface area (Å²) in [7, 11) is 5.51. The highest BCUT2D eigenvalue weighted by Crippen LogP contribution is 2.39. The van der Waals surface area contributed by atoms with Gasteiger partial charge in [0.15, 0.2) is 0 Å². The minimum atomic E-state index is -1.28. The summed E-state index contributed by atoms with van der Waals surface area (Å²) < 4.78 is 0. The summed E-state index contributed by atoms with van der Waals surface area (Å²) in [4.78, 5) is 0. The van der Waals surface area contributed by atoms with E-state index < -0.39 is 16.9 Å². The number of aliphatic hydroxyl groups is 3. The average Bonchev–Trinajstić information content (AvgIpc) is 2.14. The summed E-state index contributed by atoms with van der Waals surface area (Å²) in [6.07, 6.45) is -0.938. The lowest BCUT2D eigenvalue weighted by atomic mass is 9.83. The summed E-state index contributed by atoms with van der Waals surface area (Å²) in [6, 6.07) is 0. The molecule has 1 aliphatic heterocycles. The lowest BCUT2D eigenvalue weighted by molar-refractivity contribution is -0.0465. The molecule has 0 unspecified atom stereocenters. The molecule has 0 spiro atoms. The van der Waals surface area contributed by atoms with Gasteiger partial charge in [-0.3, -0.25) is 0 Å². The first-order valence-electron chi connectivity index (χ1n) is 3.42. The van der Waals surface area contributed by atoms with E-state index in [-0.39, 0.29) is 11.9 Å². The smallest absolute Gasteiger partial charge is 0.0967 e. The second-order valence-corrected chi connectivity index (χ2v) is 4.33. The van der Waals surface area contributed by atoms with Gasteiger partial charge in [-0.25, -0.2) is 0 Å². The first kappa shape index (κ1) is 9.38. The molecule has 11 heavy (non-hydrogen) atoms. The molecule has 4 atom stereocenters. The molecule has 0 aromatic heterocycles. The maximum absolute atomic E-state index is 9.53. The number of rotatable bonds is 1. The molecule has 0 aliphatic carbocycles. The van der Waals surface area contributed by atoms with Gasteiger partial charge in [0.25, 0.3) is 0 Å². The molecule has 1 rings (SSSR count). The van der Waals surface area contributed by atoms with Crippen molar-refractivity contribution < 1.29 is 15.3 Å². The third-order valence-corrected chi connectivity index (χ3v) is 3.56. The summed E-state index contributed by atoms with van der Waals surface area (Å²) in [6.45, 7) is 1.32. The molecule has 0 aromatic rings. The fourth-order valence-corrected chi connectivity index (χ4v) is 2.39. The van der Waals surface area contributed by atoms with Crippen LogP contribution in [0.1, 0.15) is 6.92 Å². The van der Waals surface area contributed by atoms with Crippen LogP contribution in [0, 0.1) is 0 Å². The average molecular weight is 174 g/mol. The van der Waals surface area contributed by atoms with Crippen molar-refractivity contribution >= 4 is 19.6 Å². The number of thioether (sulfide) groups is 1. The molecular formula is C6H11BO3S. The van der Waals surface area contributed by atoms with E-state index in [0.29, 0.717) is 0 Å². The maximum atomic E-state index is 9.53. The van der Waals surface area contributed by atoms with Gasteiger partial charge in [0.05, 0.1) is 31.4 Å². The van der Waals surface area contributed by atoms with Crippen LogP contribution in [0.5, 0.6) is 0 Å². The van der Waals surface area contributed by atoms with Crippen molar-refractivity contribution in [3.05, 3.63) is 0 Å². The molecule has 1 heterocycles. The molecule has 62 valence electrons. The van der Waals surface area contributed by atoms with Gasteiger partial charge < -0.3 is 15.3 Å². The lowest BCUT2D eigenvalue weighted by Crippen LogP contribution is -2.45. The summed E-state index contributed by atoms with van der Waals surface area (Å²) >= 11 is 1.21. The summed E-state index contributed by atoms with van der Waals surface area (Å²) in [5.74, 6) is 0. The standard InChI is InChI=1S/C6H11BO3S/c1-6(10)4(9)3(2-8)11-5(6)7/h3-5,8-10H,2H2,1H3/t3-,4+,5-,6-/m1/s1. The third-order valence-electron chi connectivity index (χ3n) is 2.03. The normalized spacial score (nSPS) is 51.5. The minimum absolute atomic E-state index is 0.157. The van der Waals surface area contributed by atoms with Gasteiger partial charge in [-0.05, 0) is 12.1 Å². The summed E-state index contributed by atoms with van der Waals surface area (Å²) in [5, 5.41) is 26.8. The number of hydrogen-bond acceptors (Lipinski definition) is 4. The molecule has 1 aliphatic rings. The van der Waals surface area contributed by atoms with Crippen LogP contribution >= 0.6 is 11.8 Å². The Morgan fingerprint density at radius 1 is 1.64 bits per heavy atom. The SMILES string of the molecule is [B][C@@H]1S[C@H](CO)[C@H](O)[C@@]1(C)O. The lowest BCUT2D eigenvalue weighted by Gasteiger charge is -2.25. The fraction of sp³-hybridized carbons (Fsp3) is 1.00. The van der Waals surface area contributed by atoms with E-state index >= 15 is 0 Å². The van der Waals surface area contributed by atoms with Crippen molar-refractivity contribution in [2.45, 2.75) is 29.0 Å². The second-order valence-electron chi connectivity index (χ2n) is 2.95. The Morgan fingerprint density at radius 2 is 2.18 bits per heavy atom. The molecule has 0 saturated carbocycles. The molecule has 3 nitrogen and oxygen atoms in total. The van der Waals surface area contributed by atoms with Gasteiger partial charge in [0.1, 0.15) is 0 Å². The van der Waals surface area contributed by atoms with Crippen molar-refractivity contribution in [1.29, 1.82) is 0 Å². The Labute approximate surface area is 71.2 Å². The third kappa shape index (κ3) is 1.43. The number of hydrogen-bond donors (Lipinski definition) is 3. The van der Waals surface area contributed by atoms with E-state index in [1.807, 2.05) is 0 Å². The molecule has 5 heteroatoms. The van der Waals surface area contributed by atoms with Crippen LogP contribution in [0.3, 0.4) is 0 Å². The van der Waals surface area contributed by atoms with Gasteiger partial charge in [0, 0.05) is 0 Å². The van der Waals surface area contributed by atoms with Crippen LogP contribution in [-0.2, 0) is 0 Å². The molecule has 3 N–H and O–H groups in total. The van der Waals surface area contributed by atoms with E-state index in [2.05, 4.69) is 0 Å². The van der Waals surface area contributed by atoms with Gasteiger partial charge in [-0.15, -0.1) is 0 Å². The van der Waals surface area contributed by atoms with Crippen LogP contribution in [0.15, 0.2) is 0 Å². The fourth-order valence-electron chi connectivity index (χ4n) is 1.09. The highest BCUT2D eigenvalue weighted by atomic mass is 32.2. The van der Waals surface area contributed by atoms with Crippen molar-refractivity contribution in [3.8, 4) is 0 Å². The zero-order valence-corrected chi connectivity index (χ0v) is 7.08. The highest BCUT2D eigenvalue weighted by Gasteiger charge is 2.48. The van der Waals surface area contributed by atoms with Crippen LogP contribution in [0.25, 0.3) is 0 Å². The quantitative estimate of drug-likeness (QED) is 0.432. The van der Waals surface area contributed by atoms with E-state index in [1.54, 1.807) is 0 Å². The molecule has 2 radical (unpaired) electrons.